The van der Waals surface area contributed by atoms with Gasteiger partial charge in [-0.15, -0.1) is 0 Å². The van der Waals surface area contributed by atoms with Crippen molar-refractivity contribution >= 4 is 91.0 Å². The molecule has 0 N–H and O–H groups in total. The lowest BCUT2D eigenvalue weighted by Gasteiger charge is -2.14. The second-order valence-corrected chi connectivity index (χ2v) is 10.7. The molecule has 1 aliphatic rings. The normalized spacial score (nSPS) is 14.9. The largest absolute Gasteiger partial charge is 0.283 e. The van der Waals surface area contributed by atoms with Crippen molar-refractivity contribution in [1.29, 1.82) is 0 Å². The standard InChI is InChI=1S/C22H12BrClN2O3S3/c23-14-2-1-3-16(12-14)25-21(27)20(32-22(25)30)11-13-4-9-19(18(10-13)26(28)29)31-17-7-5-15(24)6-8-17/h1-12H/b20-11-. The van der Waals surface area contributed by atoms with Crippen LogP contribution in [0.25, 0.3) is 6.08 Å². The lowest BCUT2D eigenvalue weighted by atomic mass is 10.2. The van der Waals surface area contributed by atoms with Gasteiger partial charge >= 0.3 is 0 Å². The zero-order valence-electron chi connectivity index (χ0n) is 16.0. The molecule has 3 aromatic carbocycles. The van der Waals surface area contributed by atoms with Crippen LogP contribution in [0.15, 0.2) is 85.9 Å². The van der Waals surface area contributed by atoms with E-state index in [0.29, 0.717) is 30.4 Å². The van der Waals surface area contributed by atoms with Crippen molar-refractivity contribution in [1.82, 2.24) is 0 Å². The monoisotopic (exact) mass is 562 g/mol. The van der Waals surface area contributed by atoms with E-state index in [1.54, 1.807) is 54.6 Å². The Balaban J connectivity index is 1.63. The number of hydrogen-bond donors (Lipinski definition) is 0. The molecule has 1 amide bonds. The Morgan fingerprint density at radius 2 is 1.88 bits per heavy atom. The maximum absolute atomic E-state index is 13.0. The van der Waals surface area contributed by atoms with Gasteiger partial charge in [0.15, 0.2) is 4.32 Å². The summed E-state index contributed by atoms with van der Waals surface area (Å²) in [4.78, 5) is 27.4. The third-order valence-electron chi connectivity index (χ3n) is 4.38. The Morgan fingerprint density at radius 1 is 1.12 bits per heavy atom. The summed E-state index contributed by atoms with van der Waals surface area (Å²) >= 11 is 17.1. The molecule has 1 saturated heterocycles. The van der Waals surface area contributed by atoms with Crippen molar-refractivity contribution in [2.45, 2.75) is 9.79 Å². The molecule has 160 valence electrons. The minimum atomic E-state index is -0.428. The van der Waals surface area contributed by atoms with E-state index in [2.05, 4.69) is 15.9 Å². The molecule has 0 aliphatic carbocycles. The van der Waals surface area contributed by atoms with Gasteiger partial charge in [-0.2, -0.15) is 0 Å². The minimum absolute atomic E-state index is 0.0406. The summed E-state index contributed by atoms with van der Waals surface area (Å²) in [6.07, 6.45) is 1.63. The third kappa shape index (κ3) is 5.07. The third-order valence-corrected chi connectivity index (χ3v) is 7.50. The highest BCUT2D eigenvalue weighted by Crippen LogP contribution is 2.39. The zero-order valence-corrected chi connectivity index (χ0v) is 20.8. The lowest BCUT2D eigenvalue weighted by Crippen LogP contribution is -2.27. The van der Waals surface area contributed by atoms with Crippen molar-refractivity contribution < 1.29 is 9.72 Å². The predicted octanol–water partition coefficient (Wildman–Crippen LogP) is 7.57. The SMILES string of the molecule is O=C1/C(=C/c2ccc(Sc3ccc(Cl)cc3)c([N+](=O)[O-])c2)SC(=S)N1c1cccc(Br)c1. The van der Waals surface area contributed by atoms with E-state index in [1.807, 2.05) is 12.1 Å². The lowest BCUT2D eigenvalue weighted by molar-refractivity contribution is -0.387. The Labute approximate surface area is 211 Å². The quantitative estimate of drug-likeness (QED) is 0.138. The van der Waals surface area contributed by atoms with Crippen LogP contribution in [0, 0.1) is 10.1 Å². The van der Waals surface area contributed by atoms with E-state index < -0.39 is 4.92 Å². The van der Waals surface area contributed by atoms with E-state index in [0.717, 1.165) is 9.37 Å². The van der Waals surface area contributed by atoms with Crippen LogP contribution in [0.2, 0.25) is 5.02 Å². The number of thiocarbonyl (C=S) groups is 1. The second-order valence-electron chi connectivity index (χ2n) is 6.54. The topological polar surface area (TPSA) is 63.4 Å². The maximum Gasteiger partial charge on any atom is 0.283 e. The van der Waals surface area contributed by atoms with Gasteiger partial charge in [0, 0.05) is 20.5 Å². The van der Waals surface area contributed by atoms with E-state index in [1.165, 1.54) is 34.5 Å². The molecule has 1 fully saturated rings. The van der Waals surface area contributed by atoms with Crippen LogP contribution >= 0.6 is 63.3 Å². The molecule has 0 atom stereocenters. The number of nitrogens with zero attached hydrogens (tertiary/aromatic N) is 2. The number of thioether (sulfide) groups is 1. The molecule has 3 aromatic rings. The number of nitro groups is 1. The molecule has 1 heterocycles. The molecule has 0 spiro atoms. The van der Waals surface area contributed by atoms with Gasteiger partial charge in [-0.1, -0.05) is 75.4 Å². The number of rotatable bonds is 5. The van der Waals surface area contributed by atoms with E-state index in [9.17, 15) is 14.9 Å². The van der Waals surface area contributed by atoms with E-state index >= 15 is 0 Å². The summed E-state index contributed by atoms with van der Waals surface area (Å²) in [5, 5.41) is 12.3. The number of halogens is 2. The van der Waals surface area contributed by atoms with Gasteiger partial charge in [0.05, 0.1) is 20.4 Å². The Morgan fingerprint density at radius 3 is 2.56 bits per heavy atom. The van der Waals surface area contributed by atoms with Gasteiger partial charge in [-0.25, -0.2) is 0 Å². The summed E-state index contributed by atoms with van der Waals surface area (Å²) in [5.74, 6) is -0.264. The fraction of sp³-hybridized carbons (Fsp3) is 0. The van der Waals surface area contributed by atoms with Crippen LogP contribution in [-0.2, 0) is 4.79 Å². The molecule has 32 heavy (non-hydrogen) atoms. The van der Waals surface area contributed by atoms with Crippen molar-refractivity contribution in [3.8, 4) is 0 Å². The summed E-state index contributed by atoms with van der Waals surface area (Å²) in [6.45, 7) is 0. The number of carbonyl (C=O) groups excluding carboxylic acids is 1. The minimum Gasteiger partial charge on any atom is -0.268 e. The van der Waals surface area contributed by atoms with Gasteiger partial charge in [0.1, 0.15) is 0 Å². The van der Waals surface area contributed by atoms with Gasteiger partial charge < -0.3 is 0 Å². The fourth-order valence-electron chi connectivity index (χ4n) is 2.94. The fourth-order valence-corrected chi connectivity index (χ4v) is 5.65. The number of nitro benzene ring substituents is 1. The van der Waals surface area contributed by atoms with Crippen LogP contribution in [-0.4, -0.2) is 15.2 Å². The molecule has 0 saturated carbocycles. The average molecular weight is 564 g/mol. The smallest absolute Gasteiger partial charge is 0.268 e. The first-order chi connectivity index (χ1) is 15.3. The molecule has 0 aromatic heterocycles. The molecule has 0 bridgehead atoms. The Bertz CT molecular complexity index is 1280. The van der Waals surface area contributed by atoms with Gasteiger partial charge in [0.2, 0.25) is 0 Å². The number of benzene rings is 3. The first kappa shape index (κ1) is 23.0. The first-order valence-corrected chi connectivity index (χ1v) is 12.3. The average Bonchev–Trinajstić information content (AvgIpc) is 3.03. The van der Waals surface area contributed by atoms with Crippen molar-refractivity contribution in [3.05, 3.63) is 96.8 Å². The highest BCUT2D eigenvalue weighted by Gasteiger charge is 2.33. The number of hydrogen-bond acceptors (Lipinski definition) is 6. The van der Waals surface area contributed by atoms with Crippen LogP contribution in [0.4, 0.5) is 11.4 Å². The molecule has 0 radical (unpaired) electrons. The predicted molar refractivity (Wildman–Crippen MR) is 138 cm³/mol. The summed E-state index contributed by atoms with van der Waals surface area (Å²) in [6, 6.07) is 19.2. The van der Waals surface area contributed by atoms with Crippen LogP contribution in [0.5, 0.6) is 0 Å². The summed E-state index contributed by atoms with van der Waals surface area (Å²) in [5.41, 5.74) is 1.17. The Kier molecular flexibility index (Phi) is 7.02. The zero-order chi connectivity index (χ0) is 22.8. The maximum atomic E-state index is 13.0. The molecule has 1 aliphatic heterocycles. The summed E-state index contributed by atoms with van der Waals surface area (Å²) < 4.78 is 1.24. The Hall–Kier alpha value is -2.17. The van der Waals surface area contributed by atoms with E-state index in [-0.39, 0.29) is 11.6 Å². The van der Waals surface area contributed by atoms with Crippen LogP contribution in [0.3, 0.4) is 0 Å². The molecule has 10 heteroatoms. The van der Waals surface area contributed by atoms with Crippen LogP contribution < -0.4 is 4.90 Å². The number of carbonyl (C=O) groups is 1. The van der Waals surface area contributed by atoms with Gasteiger partial charge in [-0.05, 0) is 60.2 Å². The highest BCUT2D eigenvalue weighted by atomic mass is 79.9. The number of amides is 1. The van der Waals surface area contributed by atoms with Crippen LogP contribution in [0.1, 0.15) is 5.56 Å². The molecular weight excluding hydrogens is 552 g/mol. The molecular formula is C22H12BrClN2O3S3. The molecule has 4 rings (SSSR count). The second kappa shape index (κ2) is 9.76. The van der Waals surface area contributed by atoms with Gasteiger partial charge in [-0.3, -0.25) is 19.8 Å². The van der Waals surface area contributed by atoms with E-state index in [4.69, 9.17) is 23.8 Å². The first-order valence-electron chi connectivity index (χ1n) is 9.07. The highest BCUT2D eigenvalue weighted by molar-refractivity contribution is 9.10. The summed E-state index contributed by atoms with van der Waals surface area (Å²) in [7, 11) is 0. The van der Waals surface area contributed by atoms with Crippen molar-refractivity contribution in [3.63, 3.8) is 0 Å². The van der Waals surface area contributed by atoms with Crippen molar-refractivity contribution in [2.75, 3.05) is 4.90 Å². The molecule has 0 unspecified atom stereocenters. The number of anilines is 1. The van der Waals surface area contributed by atoms with Gasteiger partial charge in [0.25, 0.3) is 11.6 Å². The van der Waals surface area contributed by atoms with Crippen molar-refractivity contribution in [2.24, 2.45) is 0 Å². The molecule has 5 nitrogen and oxygen atoms in total.